The average Bonchev–Trinajstić information content (AvgIpc) is 2.55. The molecule has 132 valence electrons. The number of amides is 2. The summed E-state index contributed by atoms with van der Waals surface area (Å²) in [6.07, 6.45) is 0. The minimum Gasteiger partial charge on any atom is -0.366 e. The van der Waals surface area contributed by atoms with Gasteiger partial charge in [-0.05, 0) is 58.4 Å². The van der Waals surface area contributed by atoms with E-state index in [9.17, 15) is 18.0 Å². The van der Waals surface area contributed by atoms with Gasteiger partial charge in [0.1, 0.15) is 0 Å². The molecule has 0 unspecified atom stereocenters. The highest BCUT2D eigenvalue weighted by Crippen LogP contribution is 2.25. The maximum Gasteiger partial charge on any atom is 0.255 e. The van der Waals surface area contributed by atoms with Crippen molar-refractivity contribution in [2.45, 2.75) is 4.90 Å². The predicted molar refractivity (Wildman–Crippen MR) is 97.9 cm³/mol. The summed E-state index contributed by atoms with van der Waals surface area (Å²) in [4.78, 5) is 23.4. The summed E-state index contributed by atoms with van der Waals surface area (Å²) in [6.45, 7) is 0. The highest BCUT2D eigenvalue weighted by molar-refractivity contribution is 9.10. The monoisotopic (exact) mass is 425 g/mol. The van der Waals surface area contributed by atoms with Gasteiger partial charge in [-0.15, -0.1) is 0 Å². The molecule has 0 saturated carbocycles. The van der Waals surface area contributed by atoms with Crippen molar-refractivity contribution in [3.63, 3.8) is 0 Å². The van der Waals surface area contributed by atoms with E-state index in [1.807, 2.05) is 0 Å². The maximum absolute atomic E-state index is 12.4. The number of hydrogen-bond acceptors (Lipinski definition) is 4. The molecule has 2 rings (SSSR count). The molecule has 3 N–H and O–H groups in total. The Morgan fingerprint density at radius 3 is 2.12 bits per heavy atom. The van der Waals surface area contributed by atoms with Crippen LogP contribution in [0.1, 0.15) is 20.7 Å². The second kappa shape index (κ2) is 7.34. The molecule has 0 aliphatic heterocycles. The van der Waals surface area contributed by atoms with Crippen LogP contribution in [0, 0.1) is 0 Å². The number of anilines is 1. The minimum absolute atomic E-state index is 0.00535. The predicted octanol–water partition coefficient (Wildman–Crippen LogP) is 2.05. The molecule has 0 heterocycles. The van der Waals surface area contributed by atoms with E-state index in [4.69, 9.17) is 5.73 Å². The Labute approximate surface area is 154 Å². The van der Waals surface area contributed by atoms with Crippen LogP contribution in [0.3, 0.4) is 0 Å². The van der Waals surface area contributed by atoms with E-state index in [2.05, 4.69) is 21.2 Å². The average molecular weight is 426 g/mol. The normalized spacial score (nSPS) is 11.4. The molecule has 2 amide bonds. The molecule has 0 aliphatic rings. The summed E-state index contributed by atoms with van der Waals surface area (Å²) in [6, 6.07) is 10.4. The van der Waals surface area contributed by atoms with Crippen LogP contribution in [0.4, 0.5) is 5.69 Å². The Hall–Kier alpha value is -2.23. The number of carbonyl (C=O) groups excluding carboxylic acids is 2. The third-order valence-electron chi connectivity index (χ3n) is 3.38. The molecule has 0 radical (unpaired) electrons. The van der Waals surface area contributed by atoms with Crippen molar-refractivity contribution >= 4 is 43.5 Å². The quantitative estimate of drug-likeness (QED) is 0.763. The van der Waals surface area contributed by atoms with Crippen LogP contribution in [0.5, 0.6) is 0 Å². The van der Waals surface area contributed by atoms with Gasteiger partial charge in [-0.2, -0.15) is 0 Å². The molecule has 0 aliphatic carbocycles. The van der Waals surface area contributed by atoms with Gasteiger partial charge in [-0.25, -0.2) is 12.7 Å². The van der Waals surface area contributed by atoms with Crippen LogP contribution in [0.25, 0.3) is 0 Å². The fourth-order valence-corrected chi connectivity index (χ4v) is 3.80. The highest BCUT2D eigenvalue weighted by Gasteiger charge is 2.22. The number of rotatable bonds is 5. The molecule has 9 heteroatoms. The number of nitrogens with two attached hydrogens (primary N) is 1. The summed E-state index contributed by atoms with van der Waals surface area (Å²) in [5.74, 6) is -1.04. The molecule has 0 atom stereocenters. The van der Waals surface area contributed by atoms with Gasteiger partial charge < -0.3 is 11.1 Å². The Morgan fingerprint density at radius 2 is 1.60 bits per heavy atom. The van der Waals surface area contributed by atoms with E-state index in [0.717, 1.165) is 4.31 Å². The minimum atomic E-state index is -3.70. The first kappa shape index (κ1) is 19.1. The molecule has 2 aromatic carbocycles. The standard InChI is InChI=1S/C16H16BrN3O4S/c1-20(2)25(23,24)14-9-11(5-8-13(14)17)16(22)19-12-6-3-10(4-7-12)15(18)21/h3-9H,1-2H3,(H2,18,21)(H,19,22). The summed E-state index contributed by atoms with van der Waals surface area (Å²) in [7, 11) is -0.873. The van der Waals surface area contributed by atoms with E-state index in [-0.39, 0.29) is 10.5 Å². The number of carbonyl (C=O) groups is 2. The molecule has 0 bridgehead atoms. The number of nitrogens with zero attached hydrogens (tertiary/aromatic N) is 1. The molecular formula is C16H16BrN3O4S. The molecule has 0 aromatic heterocycles. The Kier molecular flexibility index (Phi) is 5.61. The first-order chi connectivity index (χ1) is 11.6. The fourth-order valence-electron chi connectivity index (χ4n) is 1.96. The van der Waals surface area contributed by atoms with Crippen LogP contribution in [0.2, 0.25) is 0 Å². The first-order valence-electron chi connectivity index (χ1n) is 7.06. The van der Waals surface area contributed by atoms with Gasteiger partial charge in [0, 0.05) is 35.4 Å². The van der Waals surface area contributed by atoms with Gasteiger partial charge in [0.05, 0.1) is 4.90 Å². The Bertz CT molecular complexity index is 925. The fraction of sp³-hybridized carbons (Fsp3) is 0.125. The third-order valence-corrected chi connectivity index (χ3v) is 6.19. The van der Waals surface area contributed by atoms with E-state index in [0.29, 0.717) is 15.7 Å². The summed E-state index contributed by atoms with van der Waals surface area (Å²) in [5, 5.41) is 2.64. The van der Waals surface area contributed by atoms with E-state index >= 15 is 0 Å². The number of nitrogens with one attached hydrogen (secondary N) is 1. The summed E-state index contributed by atoms with van der Waals surface area (Å²) < 4.78 is 26.0. The van der Waals surface area contributed by atoms with Gasteiger partial charge in [0.25, 0.3) is 5.91 Å². The molecule has 7 nitrogen and oxygen atoms in total. The van der Waals surface area contributed by atoms with Crippen molar-refractivity contribution in [2.24, 2.45) is 5.73 Å². The maximum atomic E-state index is 12.4. The largest absolute Gasteiger partial charge is 0.366 e. The number of primary amides is 1. The summed E-state index contributed by atoms with van der Waals surface area (Å²) >= 11 is 3.19. The number of hydrogen-bond donors (Lipinski definition) is 2. The van der Waals surface area contributed by atoms with Crippen molar-refractivity contribution in [2.75, 3.05) is 19.4 Å². The molecular weight excluding hydrogens is 410 g/mol. The molecule has 0 fully saturated rings. The topological polar surface area (TPSA) is 110 Å². The van der Waals surface area contributed by atoms with Gasteiger partial charge in [-0.1, -0.05) is 0 Å². The Morgan fingerprint density at radius 1 is 1.04 bits per heavy atom. The Balaban J connectivity index is 2.30. The van der Waals surface area contributed by atoms with Gasteiger partial charge in [0.15, 0.2) is 0 Å². The van der Waals surface area contributed by atoms with E-state index in [1.165, 1.54) is 56.6 Å². The van der Waals surface area contributed by atoms with Crippen LogP contribution in [0.15, 0.2) is 51.8 Å². The van der Waals surface area contributed by atoms with Gasteiger partial charge >= 0.3 is 0 Å². The zero-order valence-electron chi connectivity index (χ0n) is 13.5. The number of halogens is 1. The van der Waals surface area contributed by atoms with Crippen LogP contribution in [-0.2, 0) is 10.0 Å². The lowest BCUT2D eigenvalue weighted by molar-refractivity contribution is 0.0998. The first-order valence-corrected chi connectivity index (χ1v) is 9.29. The van der Waals surface area contributed by atoms with Crippen LogP contribution < -0.4 is 11.1 Å². The van der Waals surface area contributed by atoms with Crippen molar-refractivity contribution < 1.29 is 18.0 Å². The van der Waals surface area contributed by atoms with Crippen molar-refractivity contribution in [3.8, 4) is 0 Å². The van der Waals surface area contributed by atoms with Crippen LogP contribution in [-0.4, -0.2) is 38.6 Å². The van der Waals surface area contributed by atoms with E-state index < -0.39 is 21.8 Å². The number of sulfonamides is 1. The van der Waals surface area contributed by atoms with Crippen molar-refractivity contribution in [1.29, 1.82) is 0 Å². The lowest BCUT2D eigenvalue weighted by Gasteiger charge is -2.14. The zero-order chi connectivity index (χ0) is 18.8. The zero-order valence-corrected chi connectivity index (χ0v) is 15.9. The number of benzene rings is 2. The van der Waals surface area contributed by atoms with Gasteiger partial charge in [0.2, 0.25) is 15.9 Å². The second-order valence-corrected chi connectivity index (χ2v) is 8.30. The molecule has 0 saturated heterocycles. The summed E-state index contributed by atoms with van der Waals surface area (Å²) in [5.41, 5.74) is 6.12. The van der Waals surface area contributed by atoms with Crippen molar-refractivity contribution in [1.82, 2.24) is 4.31 Å². The van der Waals surface area contributed by atoms with Crippen molar-refractivity contribution in [3.05, 3.63) is 58.1 Å². The van der Waals surface area contributed by atoms with Crippen LogP contribution >= 0.6 is 15.9 Å². The smallest absolute Gasteiger partial charge is 0.255 e. The van der Waals surface area contributed by atoms with Gasteiger partial charge in [-0.3, -0.25) is 9.59 Å². The highest BCUT2D eigenvalue weighted by atomic mass is 79.9. The molecule has 25 heavy (non-hydrogen) atoms. The molecule has 2 aromatic rings. The third kappa shape index (κ3) is 4.25. The molecule has 0 spiro atoms. The SMILES string of the molecule is CN(C)S(=O)(=O)c1cc(C(=O)Nc2ccc(C(N)=O)cc2)ccc1Br. The van der Waals surface area contributed by atoms with E-state index in [1.54, 1.807) is 0 Å². The lowest BCUT2D eigenvalue weighted by atomic mass is 10.2. The lowest BCUT2D eigenvalue weighted by Crippen LogP contribution is -2.23. The second-order valence-electron chi connectivity index (χ2n) is 5.33.